The number of hydrogen-bond acceptors (Lipinski definition) is 4. The number of hydrogen-bond donors (Lipinski definition) is 1. The van der Waals surface area contributed by atoms with Gasteiger partial charge in [-0.1, -0.05) is 13.8 Å². The van der Waals surface area contributed by atoms with Crippen LogP contribution in [0.3, 0.4) is 0 Å². The van der Waals surface area contributed by atoms with Gasteiger partial charge in [-0.05, 0) is 45.6 Å². The highest BCUT2D eigenvalue weighted by molar-refractivity contribution is 5.80. The lowest BCUT2D eigenvalue weighted by molar-refractivity contribution is -0.148. The van der Waals surface area contributed by atoms with Crippen LogP contribution in [0, 0.1) is 5.92 Å². The number of piperidine rings is 1. The molecule has 19 heavy (non-hydrogen) atoms. The molecule has 1 N–H and O–H groups in total. The molecule has 1 aliphatic rings. The molecule has 3 unspecified atom stereocenters. The first kappa shape index (κ1) is 16.4. The molecule has 0 aliphatic carbocycles. The topological polar surface area (TPSA) is 41.6 Å². The maximum atomic E-state index is 11.9. The molecule has 1 rings (SSSR count). The molecule has 0 radical (unpaired) electrons. The molecule has 1 heterocycles. The highest BCUT2D eigenvalue weighted by Crippen LogP contribution is 2.23. The number of likely N-dealkylation sites (N-methyl/N-ethyl adjacent to an activating group) is 1. The van der Waals surface area contributed by atoms with Gasteiger partial charge in [-0.15, -0.1) is 0 Å². The summed E-state index contributed by atoms with van der Waals surface area (Å²) in [6.07, 6.45) is 3.38. The Kier molecular flexibility index (Phi) is 6.27. The largest absolute Gasteiger partial charge is 0.468 e. The van der Waals surface area contributed by atoms with Crippen LogP contribution in [0.4, 0.5) is 0 Å². The van der Waals surface area contributed by atoms with Crippen molar-refractivity contribution in [2.75, 3.05) is 26.7 Å². The van der Waals surface area contributed by atoms with Crippen LogP contribution in [0.25, 0.3) is 0 Å². The summed E-state index contributed by atoms with van der Waals surface area (Å²) in [4.78, 5) is 14.4. The van der Waals surface area contributed by atoms with E-state index < -0.39 is 5.54 Å². The molecule has 0 aromatic rings. The Balaban J connectivity index is 2.57. The van der Waals surface area contributed by atoms with Gasteiger partial charge in [0.1, 0.15) is 5.54 Å². The third-order valence-corrected chi connectivity index (χ3v) is 4.35. The fraction of sp³-hybridized carbons (Fsp3) is 0.933. The lowest BCUT2D eigenvalue weighted by Gasteiger charge is -2.39. The molecular formula is C15H30N2O2. The summed E-state index contributed by atoms with van der Waals surface area (Å²) < 4.78 is 4.94. The Bertz CT molecular complexity index is 296. The highest BCUT2D eigenvalue weighted by atomic mass is 16.5. The molecule has 4 heteroatoms. The number of carbonyl (C=O) groups is 1. The molecule has 0 aromatic heterocycles. The second-order valence-electron chi connectivity index (χ2n) is 6.13. The third-order valence-electron chi connectivity index (χ3n) is 4.35. The maximum Gasteiger partial charge on any atom is 0.325 e. The molecule has 1 aliphatic heterocycles. The van der Waals surface area contributed by atoms with Crippen molar-refractivity contribution in [2.24, 2.45) is 5.92 Å². The first-order valence-corrected chi connectivity index (χ1v) is 7.50. The standard InChI is InChI=1S/C15H30N2O2/c1-6-16-15(4,14(18)19-5)9-10-17-11-12(2)7-8-13(17)3/h12-13,16H,6-11H2,1-5H3. The smallest absolute Gasteiger partial charge is 0.325 e. The molecule has 1 fully saturated rings. The summed E-state index contributed by atoms with van der Waals surface area (Å²) in [5, 5.41) is 3.27. The van der Waals surface area contributed by atoms with Gasteiger partial charge in [0.05, 0.1) is 7.11 Å². The molecule has 3 atom stereocenters. The highest BCUT2D eigenvalue weighted by Gasteiger charge is 2.34. The summed E-state index contributed by atoms with van der Waals surface area (Å²) in [6, 6.07) is 0.625. The van der Waals surface area contributed by atoms with Crippen molar-refractivity contribution < 1.29 is 9.53 Å². The number of rotatable bonds is 6. The van der Waals surface area contributed by atoms with Crippen LogP contribution >= 0.6 is 0 Å². The van der Waals surface area contributed by atoms with Crippen LogP contribution in [0.2, 0.25) is 0 Å². The fourth-order valence-electron chi connectivity index (χ4n) is 2.94. The minimum atomic E-state index is -0.566. The summed E-state index contributed by atoms with van der Waals surface area (Å²) >= 11 is 0. The SMILES string of the molecule is CCNC(C)(CCN1CC(C)CCC1C)C(=O)OC. The van der Waals surface area contributed by atoms with E-state index in [4.69, 9.17) is 4.74 Å². The second kappa shape index (κ2) is 7.25. The van der Waals surface area contributed by atoms with Crippen LogP contribution in [0.1, 0.15) is 47.0 Å². The first-order chi connectivity index (χ1) is 8.92. The number of methoxy groups -OCH3 is 1. The summed E-state index contributed by atoms with van der Waals surface area (Å²) in [5.41, 5.74) is -0.566. The molecule has 0 aromatic carbocycles. The van der Waals surface area contributed by atoms with E-state index in [1.54, 1.807) is 0 Å². The van der Waals surface area contributed by atoms with Crippen LogP contribution in [0.15, 0.2) is 0 Å². The monoisotopic (exact) mass is 270 g/mol. The van der Waals surface area contributed by atoms with Crippen LogP contribution in [-0.2, 0) is 9.53 Å². The minimum absolute atomic E-state index is 0.160. The minimum Gasteiger partial charge on any atom is -0.468 e. The van der Waals surface area contributed by atoms with E-state index in [9.17, 15) is 4.79 Å². The summed E-state index contributed by atoms with van der Waals surface area (Å²) in [6.45, 7) is 11.4. The Morgan fingerprint density at radius 3 is 2.68 bits per heavy atom. The average molecular weight is 270 g/mol. The molecule has 0 bridgehead atoms. The van der Waals surface area contributed by atoms with Crippen molar-refractivity contribution in [1.29, 1.82) is 0 Å². The van der Waals surface area contributed by atoms with Crippen LogP contribution < -0.4 is 5.32 Å². The van der Waals surface area contributed by atoms with Crippen molar-refractivity contribution in [3.05, 3.63) is 0 Å². The predicted octanol–water partition coefficient (Wildman–Crippen LogP) is 2.04. The lowest BCUT2D eigenvalue weighted by atomic mass is 9.92. The molecule has 1 saturated heterocycles. The number of likely N-dealkylation sites (tertiary alicyclic amines) is 1. The van der Waals surface area contributed by atoms with Crippen molar-refractivity contribution in [3.63, 3.8) is 0 Å². The Hall–Kier alpha value is -0.610. The van der Waals surface area contributed by atoms with Crippen molar-refractivity contribution >= 4 is 5.97 Å². The lowest BCUT2D eigenvalue weighted by Crippen LogP contribution is -2.53. The van der Waals surface area contributed by atoms with Crippen molar-refractivity contribution in [3.8, 4) is 0 Å². The predicted molar refractivity (Wildman–Crippen MR) is 78.1 cm³/mol. The third kappa shape index (κ3) is 4.46. The van der Waals surface area contributed by atoms with E-state index in [1.807, 2.05) is 13.8 Å². The van der Waals surface area contributed by atoms with Crippen molar-refractivity contribution in [2.45, 2.75) is 58.5 Å². The molecular weight excluding hydrogens is 240 g/mol. The Labute approximate surface area is 117 Å². The number of nitrogens with zero attached hydrogens (tertiary/aromatic N) is 1. The Morgan fingerprint density at radius 1 is 1.42 bits per heavy atom. The molecule has 0 amide bonds. The van der Waals surface area contributed by atoms with Gasteiger partial charge in [0.25, 0.3) is 0 Å². The Morgan fingerprint density at radius 2 is 2.11 bits per heavy atom. The number of esters is 1. The number of nitrogens with one attached hydrogen (secondary N) is 1. The summed E-state index contributed by atoms with van der Waals surface area (Å²) in [5.74, 6) is 0.603. The van der Waals surface area contributed by atoms with Gasteiger partial charge >= 0.3 is 5.97 Å². The van der Waals surface area contributed by atoms with Gasteiger partial charge in [-0.2, -0.15) is 0 Å². The van der Waals surface area contributed by atoms with Gasteiger partial charge in [-0.25, -0.2) is 0 Å². The second-order valence-corrected chi connectivity index (χ2v) is 6.13. The maximum absolute atomic E-state index is 11.9. The van der Waals surface area contributed by atoms with Gasteiger partial charge < -0.3 is 15.0 Å². The first-order valence-electron chi connectivity index (χ1n) is 7.50. The van der Waals surface area contributed by atoms with E-state index in [0.717, 1.165) is 32.0 Å². The van der Waals surface area contributed by atoms with Crippen LogP contribution in [-0.4, -0.2) is 49.2 Å². The van der Waals surface area contributed by atoms with Crippen LogP contribution in [0.5, 0.6) is 0 Å². The fourth-order valence-corrected chi connectivity index (χ4v) is 2.94. The normalized spacial score (nSPS) is 27.8. The van der Waals surface area contributed by atoms with Crippen molar-refractivity contribution in [1.82, 2.24) is 10.2 Å². The summed E-state index contributed by atoms with van der Waals surface area (Å²) in [7, 11) is 1.46. The zero-order valence-corrected chi connectivity index (χ0v) is 13.2. The zero-order valence-electron chi connectivity index (χ0n) is 13.2. The van der Waals surface area contributed by atoms with Gasteiger partial charge in [0, 0.05) is 19.1 Å². The molecule has 112 valence electrons. The number of ether oxygens (including phenoxy) is 1. The van der Waals surface area contributed by atoms with E-state index >= 15 is 0 Å². The van der Waals surface area contributed by atoms with E-state index in [2.05, 4.69) is 24.1 Å². The molecule has 0 spiro atoms. The van der Waals surface area contributed by atoms with Gasteiger partial charge in [0.2, 0.25) is 0 Å². The van der Waals surface area contributed by atoms with E-state index in [0.29, 0.717) is 6.04 Å². The quantitative estimate of drug-likeness (QED) is 0.750. The number of carbonyl (C=O) groups excluding carboxylic acids is 1. The molecule has 0 saturated carbocycles. The van der Waals surface area contributed by atoms with Gasteiger partial charge in [-0.3, -0.25) is 4.79 Å². The van der Waals surface area contributed by atoms with E-state index in [-0.39, 0.29) is 5.97 Å². The zero-order chi connectivity index (χ0) is 14.5. The van der Waals surface area contributed by atoms with Gasteiger partial charge in [0.15, 0.2) is 0 Å². The average Bonchev–Trinajstić information content (AvgIpc) is 2.39. The molecule has 4 nitrogen and oxygen atoms in total. The van der Waals surface area contributed by atoms with E-state index in [1.165, 1.54) is 20.0 Å².